The van der Waals surface area contributed by atoms with Crippen molar-refractivity contribution in [2.75, 3.05) is 5.73 Å². The average Bonchev–Trinajstić information content (AvgIpc) is 2.51. The topological polar surface area (TPSA) is 56.7 Å². The smallest absolute Gasteiger partial charge is 0.147 e. The maximum absolute atomic E-state index is 13.5. The summed E-state index contributed by atoms with van der Waals surface area (Å²) in [5, 5.41) is 4.17. The summed E-state index contributed by atoms with van der Waals surface area (Å²) in [6.07, 6.45) is 0. The van der Waals surface area contributed by atoms with Crippen molar-refractivity contribution in [2.24, 2.45) is 0 Å². The largest absolute Gasteiger partial charge is 0.398 e. The zero-order chi connectivity index (χ0) is 11.7. The molecule has 0 aliphatic rings. The van der Waals surface area contributed by atoms with Gasteiger partial charge in [0.15, 0.2) is 0 Å². The first-order valence-electron chi connectivity index (χ1n) is 4.99. The zero-order valence-electron chi connectivity index (χ0n) is 9.24. The molecule has 5 heteroatoms. The van der Waals surface area contributed by atoms with Crippen LogP contribution in [-0.2, 0) is 6.54 Å². The molecule has 0 aliphatic heterocycles. The molecule has 2 aromatic rings. The van der Waals surface area contributed by atoms with E-state index in [1.54, 1.807) is 23.7 Å². The minimum atomic E-state index is -0.312. The van der Waals surface area contributed by atoms with Crippen molar-refractivity contribution in [3.63, 3.8) is 0 Å². The van der Waals surface area contributed by atoms with Gasteiger partial charge in [0.1, 0.15) is 17.5 Å². The van der Waals surface area contributed by atoms with Crippen LogP contribution in [0, 0.1) is 19.7 Å². The molecule has 1 heterocycles. The molecule has 0 atom stereocenters. The highest BCUT2D eigenvalue weighted by Gasteiger charge is 2.09. The van der Waals surface area contributed by atoms with Gasteiger partial charge in [0.2, 0.25) is 0 Å². The fourth-order valence-corrected chi connectivity index (χ4v) is 1.60. The van der Waals surface area contributed by atoms with Gasteiger partial charge in [0.25, 0.3) is 0 Å². The van der Waals surface area contributed by atoms with Crippen LogP contribution >= 0.6 is 0 Å². The number of aryl methyl sites for hydroxylation is 2. The van der Waals surface area contributed by atoms with E-state index in [1.807, 2.05) is 6.92 Å². The van der Waals surface area contributed by atoms with E-state index in [2.05, 4.69) is 10.1 Å². The number of anilines is 1. The van der Waals surface area contributed by atoms with Crippen LogP contribution in [0.5, 0.6) is 0 Å². The van der Waals surface area contributed by atoms with Crippen molar-refractivity contribution in [1.82, 2.24) is 14.8 Å². The number of hydrogen-bond donors (Lipinski definition) is 1. The third-order valence-electron chi connectivity index (χ3n) is 2.43. The van der Waals surface area contributed by atoms with E-state index >= 15 is 0 Å². The van der Waals surface area contributed by atoms with E-state index < -0.39 is 0 Å². The van der Waals surface area contributed by atoms with Gasteiger partial charge in [0, 0.05) is 11.3 Å². The molecule has 0 unspecified atom stereocenters. The van der Waals surface area contributed by atoms with E-state index in [1.165, 1.54) is 6.07 Å². The van der Waals surface area contributed by atoms with Crippen molar-refractivity contribution in [3.8, 4) is 0 Å². The fraction of sp³-hybridized carbons (Fsp3) is 0.273. The Hall–Kier alpha value is -1.91. The lowest BCUT2D eigenvalue weighted by molar-refractivity contribution is 0.579. The lowest BCUT2D eigenvalue weighted by atomic mass is 10.1. The van der Waals surface area contributed by atoms with E-state index in [0.717, 1.165) is 5.82 Å². The number of halogens is 1. The third kappa shape index (κ3) is 1.88. The van der Waals surface area contributed by atoms with E-state index in [-0.39, 0.29) is 5.82 Å². The zero-order valence-corrected chi connectivity index (χ0v) is 9.24. The molecule has 4 nitrogen and oxygen atoms in total. The van der Waals surface area contributed by atoms with Gasteiger partial charge in [-0.2, -0.15) is 5.10 Å². The molecule has 0 fully saturated rings. The third-order valence-corrected chi connectivity index (χ3v) is 2.43. The van der Waals surface area contributed by atoms with Gasteiger partial charge >= 0.3 is 0 Å². The molecule has 1 aromatic heterocycles. The summed E-state index contributed by atoms with van der Waals surface area (Å²) >= 11 is 0. The lowest BCUT2D eigenvalue weighted by Crippen LogP contribution is -2.08. The van der Waals surface area contributed by atoms with Crippen LogP contribution in [0.25, 0.3) is 0 Å². The van der Waals surface area contributed by atoms with Gasteiger partial charge in [-0.1, -0.05) is 6.07 Å². The lowest BCUT2D eigenvalue weighted by Gasteiger charge is -2.07. The highest BCUT2D eigenvalue weighted by molar-refractivity contribution is 5.47. The second kappa shape index (κ2) is 3.92. The van der Waals surface area contributed by atoms with Crippen molar-refractivity contribution in [1.29, 1.82) is 0 Å². The summed E-state index contributed by atoms with van der Waals surface area (Å²) in [6.45, 7) is 3.94. The number of aromatic nitrogens is 3. The maximum Gasteiger partial charge on any atom is 0.147 e. The molecule has 0 spiro atoms. The summed E-state index contributed by atoms with van der Waals surface area (Å²) in [5.74, 6) is 1.11. The van der Waals surface area contributed by atoms with Gasteiger partial charge in [-0.25, -0.2) is 14.1 Å². The molecular formula is C11H13FN4. The van der Waals surface area contributed by atoms with Crippen LogP contribution in [0.1, 0.15) is 17.2 Å². The van der Waals surface area contributed by atoms with Crippen LogP contribution in [0.3, 0.4) is 0 Å². The van der Waals surface area contributed by atoms with E-state index in [9.17, 15) is 4.39 Å². The van der Waals surface area contributed by atoms with Gasteiger partial charge in [-0.15, -0.1) is 0 Å². The Labute approximate surface area is 92.9 Å². The fourth-order valence-electron chi connectivity index (χ4n) is 1.60. The number of rotatable bonds is 2. The van der Waals surface area contributed by atoms with Crippen molar-refractivity contribution < 1.29 is 4.39 Å². The predicted octanol–water partition coefficient (Wildman–Crippen LogP) is 1.66. The number of nitrogen functional groups attached to an aromatic ring is 1. The van der Waals surface area contributed by atoms with Gasteiger partial charge in [0.05, 0.1) is 6.54 Å². The van der Waals surface area contributed by atoms with Crippen LogP contribution < -0.4 is 5.73 Å². The molecule has 1 aromatic carbocycles. The Bertz CT molecular complexity index is 498. The second-order valence-electron chi connectivity index (χ2n) is 3.67. The summed E-state index contributed by atoms with van der Waals surface area (Å²) in [4.78, 5) is 4.16. The normalized spacial score (nSPS) is 10.7. The molecule has 2 N–H and O–H groups in total. The molecule has 0 amide bonds. The summed E-state index contributed by atoms with van der Waals surface area (Å²) in [5.41, 5.74) is 6.62. The number of nitrogens with zero attached hydrogens (tertiary/aromatic N) is 3. The molecule has 0 radical (unpaired) electrons. The minimum absolute atomic E-state index is 0.311. The van der Waals surface area contributed by atoms with Crippen LogP contribution in [0.4, 0.5) is 10.1 Å². The number of nitrogens with two attached hydrogens (primary N) is 1. The Kier molecular flexibility index (Phi) is 2.60. The molecule has 0 saturated heterocycles. The minimum Gasteiger partial charge on any atom is -0.398 e. The Balaban J connectivity index is 2.37. The highest BCUT2D eigenvalue weighted by Crippen LogP contribution is 2.17. The van der Waals surface area contributed by atoms with Gasteiger partial charge in [-0.3, -0.25) is 0 Å². The van der Waals surface area contributed by atoms with Crippen molar-refractivity contribution >= 4 is 5.69 Å². The molecule has 0 bridgehead atoms. The Morgan fingerprint density at radius 2 is 2.12 bits per heavy atom. The van der Waals surface area contributed by atoms with Crippen LogP contribution in [0.15, 0.2) is 18.2 Å². The first-order chi connectivity index (χ1) is 7.58. The Morgan fingerprint density at radius 1 is 1.38 bits per heavy atom. The summed E-state index contributed by atoms with van der Waals surface area (Å²) in [7, 11) is 0. The Morgan fingerprint density at radius 3 is 2.69 bits per heavy atom. The maximum atomic E-state index is 13.5. The SMILES string of the molecule is Cc1nc(C)n(Cc2c(N)cccc2F)n1. The molecule has 0 aliphatic carbocycles. The van der Waals surface area contributed by atoms with Crippen LogP contribution in [0.2, 0.25) is 0 Å². The molecule has 2 rings (SSSR count). The van der Waals surface area contributed by atoms with Gasteiger partial charge in [-0.05, 0) is 26.0 Å². The first kappa shape index (κ1) is 10.6. The van der Waals surface area contributed by atoms with Crippen molar-refractivity contribution in [3.05, 3.63) is 41.2 Å². The molecule has 16 heavy (non-hydrogen) atoms. The summed E-state index contributed by atoms with van der Waals surface area (Å²) in [6, 6.07) is 4.66. The van der Waals surface area contributed by atoms with Crippen LogP contribution in [-0.4, -0.2) is 14.8 Å². The average molecular weight is 220 g/mol. The first-order valence-corrected chi connectivity index (χ1v) is 4.99. The quantitative estimate of drug-likeness (QED) is 0.783. The second-order valence-corrected chi connectivity index (χ2v) is 3.67. The molecular weight excluding hydrogens is 207 g/mol. The number of benzene rings is 1. The monoisotopic (exact) mass is 220 g/mol. The standard InChI is InChI=1S/C11H13FN4/c1-7-14-8(2)16(15-7)6-9-10(12)4-3-5-11(9)13/h3-5H,6,13H2,1-2H3. The van der Waals surface area contributed by atoms with E-state index in [0.29, 0.717) is 23.6 Å². The van der Waals surface area contributed by atoms with Crippen molar-refractivity contribution in [2.45, 2.75) is 20.4 Å². The number of hydrogen-bond acceptors (Lipinski definition) is 3. The predicted molar refractivity (Wildman–Crippen MR) is 59.4 cm³/mol. The molecule has 84 valence electrons. The van der Waals surface area contributed by atoms with E-state index in [4.69, 9.17) is 5.73 Å². The van der Waals surface area contributed by atoms with Gasteiger partial charge < -0.3 is 5.73 Å². The molecule has 0 saturated carbocycles. The highest BCUT2D eigenvalue weighted by atomic mass is 19.1. The summed E-state index contributed by atoms with van der Waals surface area (Å²) < 4.78 is 15.2.